The molecule has 0 saturated carbocycles. The smallest absolute Gasteiger partial charge is 0.339 e. The fourth-order valence-corrected chi connectivity index (χ4v) is 1.34. The van der Waals surface area contributed by atoms with Crippen molar-refractivity contribution in [2.45, 2.75) is 13.8 Å². The normalized spacial score (nSPS) is 11.2. The van der Waals surface area contributed by atoms with Gasteiger partial charge in [-0.05, 0) is 32.1 Å². The lowest BCUT2D eigenvalue weighted by molar-refractivity contribution is -0.138. The van der Waals surface area contributed by atoms with E-state index in [4.69, 9.17) is 9.47 Å². The summed E-state index contributed by atoms with van der Waals surface area (Å²) in [5, 5.41) is 2.86. The summed E-state index contributed by atoms with van der Waals surface area (Å²) < 4.78 is 9.67. The number of carbonyl (C=O) groups is 2. The molecule has 0 aliphatic carbocycles. The number of pyridine rings is 1. The molecule has 6 heteroatoms. The van der Waals surface area contributed by atoms with Gasteiger partial charge in [0.05, 0.1) is 18.8 Å². The van der Waals surface area contributed by atoms with Gasteiger partial charge >= 0.3 is 11.9 Å². The highest BCUT2D eigenvalue weighted by Gasteiger charge is 2.08. The van der Waals surface area contributed by atoms with E-state index in [-0.39, 0.29) is 18.8 Å². The summed E-state index contributed by atoms with van der Waals surface area (Å²) in [5.74, 6) is -0.490. The standard InChI is InChI=1S/C15H18N2O4/c1-3-20-14(18)9-8-12(15(19)21-4-2)11-17-13-7-5-6-10-16-13/h5-11H,3-4H2,1-2H3,(H,16,17)/b9-8+,12-11-. The Morgan fingerprint density at radius 2 is 1.95 bits per heavy atom. The average Bonchev–Trinajstić information content (AvgIpc) is 2.48. The van der Waals surface area contributed by atoms with Gasteiger partial charge in [-0.3, -0.25) is 0 Å². The van der Waals surface area contributed by atoms with Crippen LogP contribution in [0.5, 0.6) is 0 Å². The predicted molar refractivity (Wildman–Crippen MR) is 78.3 cm³/mol. The predicted octanol–water partition coefficient (Wildman–Crippen LogP) is 2.06. The summed E-state index contributed by atoms with van der Waals surface area (Å²) in [4.78, 5) is 27.1. The molecular weight excluding hydrogens is 272 g/mol. The summed E-state index contributed by atoms with van der Waals surface area (Å²) in [6, 6.07) is 5.33. The highest BCUT2D eigenvalue weighted by molar-refractivity contribution is 5.94. The molecule has 1 N–H and O–H groups in total. The van der Waals surface area contributed by atoms with Crippen molar-refractivity contribution in [3.8, 4) is 0 Å². The van der Waals surface area contributed by atoms with Gasteiger partial charge in [-0.2, -0.15) is 0 Å². The lowest BCUT2D eigenvalue weighted by Gasteiger charge is -2.04. The molecule has 6 nitrogen and oxygen atoms in total. The monoisotopic (exact) mass is 290 g/mol. The molecule has 0 unspecified atom stereocenters. The van der Waals surface area contributed by atoms with Crippen molar-refractivity contribution < 1.29 is 19.1 Å². The molecule has 0 radical (unpaired) electrons. The van der Waals surface area contributed by atoms with E-state index in [2.05, 4.69) is 10.3 Å². The van der Waals surface area contributed by atoms with Gasteiger partial charge in [0.25, 0.3) is 0 Å². The zero-order valence-electron chi connectivity index (χ0n) is 12.0. The van der Waals surface area contributed by atoms with E-state index in [1.165, 1.54) is 18.4 Å². The maximum atomic E-state index is 11.8. The van der Waals surface area contributed by atoms with Crippen molar-refractivity contribution >= 4 is 17.8 Å². The number of hydrogen-bond acceptors (Lipinski definition) is 6. The van der Waals surface area contributed by atoms with Crippen LogP contribution in [0.15, 0.2) is 48.3 Å². The molecular formula is C15H18N2O4. The Labute approximate surface area is 123 Å². The zero-order chi connectivity index (χ0) is 15.5. The molecule has 0 aliphatic heterocycles. The number of hydrogen-bond donors (Lipinski definition) is 1. The third-order valence-electron chi connectivity index (χ3n) is 2.24. The number of carbonyl (C=O) groups excluding carboxylic acids is 2. The van der Waals surface area contributed by atoms with Crippen molar-refractivity contribution in [1.82, 2.24) is 4.98 Å². The number of anilines is 1. The Morgan fingerprint density at radius 3 is 2.57 bits per heavy atom. The molecule has 21 heavy (non-hydrogen) atoms. The van der Waals surface area contributed by atoms with E-state index in [1.54, 1.807) is 32.2 Å². The minimum Gasteiger partial charge on any atom is -0.463 e. The van der Waals surface area contributed by atoms with Crippen molar-refractivity contribution in [2.75, 3.05) is 18.5 Å². The first kappa shape index (κ1) is 16.4. The highest BCUT2D eigenvalue weighted by atomic mass is 16.5. The second kappa shape index (κ2) is 9.30. The Hall–Kier alpha value is -2.63. The molecule has 0 atom stereocenters. The molecule has 0 fully saturated rings. The molecule has 1 aromatic rings. The van der Waals surface area contributed by atoms with Crippen LogP contribution in [0.3, 0.4) is 0 Å². The maximum Gasteiger partial charge on any atom is 0.339 e. The van der Waals surface area contributed by atoms with Gasteiger partial charge in [0.15, 0.2) is 0 Å². The quantitative estimate of drug-likeness (QED) is 0.470. The van der Waals surface area contributed by atoms with Crippen LogP contribution in [0.1, 0.15) is 13.8 Å². The van der Waals surface area contributed by atoms with Gasteiger partial charge in [0, 0.05) is 18.5 Å². The van der Waals surface area contributed by atoms with Crippen LogP contribution in [0.4, 0.5) is 5.82 Å². The second-order valence-electron chi connectivity index (χ2n) is 3.76. The Balaban J connectivity index is 2.81. The lowest BCUT2D eigenvalue weighted by atomic mass is 10.2. The number of aromatic nitrogens is 1. The minimum absolute atomic E-state index is 0.190. The van der Waals surface area contributed by atoms with Crippen molar-refractivity contribution in [2.24, 2.45) is 0 Å². The van der Waals surface area contributed by atoms with Gasteiger partial charge in [-0.25, -0.2) is 14.6 Å². The summed E-state index contributed by atoms with van der Waals surface area (Å²) in [6.45, 7) is 3.92. The fraction of sp³-hybridized carbons (Fsp3) is 0.267. The Morgan fingerprint density at radius 1 is 1.19 bits per heavy atom. The Bertz CT molecular complexity index is 524. The van der Waals surface area contributed by atoms with Gasteiger partial charge in [-0.15, -0.1) is 0 Å². The van der Waals surface area contributed by atoms with Gasteiger partial charge in [-0.1, -0.05) is 6.07 Å². The van der Waals surface area contributed by atoms with Crippen LogP contribution in [-0.2, 0) is 19.1 Å². The minimum atomic E-state index is -0.540. The number of ether oxygens (including phenoxy) is 2. The molecule has 0 aliphatic rings. The van der Waals surface area contributed by atoms with Crippen molar-refractivity contribution in [1.29, 1.82) is 0 Å². The molecule has 1 aromatic heterocycles. The molecule has 1 heterocycles. The molecule has 112 valence electrons. The molecule has 0 bridgehead atoms. The van der Waals surface area contributed by atoms with Crippen LogP contribution in [0, 0.1) is 0 Å². The molecule has 0 saturated heterocycles. The summed E-state index contributed by atoms with van der Waals surface area (Å²) in [6.07, 6.45) is 5.56. The van der Waals surface area contributed by atoms with E-state index < -0.39 is 11.9 Å². The van der Waals surface area contributed by atoms with Crippen LogP contribution in [-0.4, -0.2) is 30.1 Å². The van der Waals surface area contributed by atoms with Crippen molar-refractivity contribution in [3.05, 3.63) is 48.3 Å². The van der Waals surface area contributed by atoms with Gasteiger partial charge in [0.1, 0.15) is 5.82 Å². The van der Waals surface area contributed by atoms with Crippen LogP contribution < -0.4 is 5.32 Å². The lowest BCUT2D eigenvalue weighted by Crippen LogP contribution is -2.09. The molecule has 0 spiro atoms. The van der Waals surface area contributed by atoms with E-state index in [1.807, 2.05) is 6.07 Å². The van der Waals surface area contributed by atoms with Crippen LogP contribution >= 0.6 is 0 Å². The third-order valence-corrected chi connectivity index (χ3v) is 2.24. The number of esters is 2. The second-order valence-corrected chi connectivity index (χ2v) is 3.76. The van der Waals surface area contributed by atoms with Crippen LogP contribution in [0.2, 0.25) is 0 Å². The number of rotatable bonds is 7. The highest BCUT2D eigenvalue weighted by Crippen LogP contribution is 2.05. The van der Waals surface area contributed by atoms with Gasteiger partial charge < -0.3 is 14.8 Å². The Kier molecular flexibility index (Phi) is 7.28. The van der Waals surface area contributed by atoms with E-state index in [0.717, 1.165) is 0 Å². The number of nitrogens with zero attached hydrogens (tertiary/aromatic N) is 1. The molecule has 1 rings (SSSR count). The molecule has 0 amide bonds. The third kappa shape index (κ3) is 6.38. The van der Waals surface area contributed by atoms with Crippen LogP contribution in [0.25, 0.3) is 0 Å². The molecule has 0 aromatic carbocycles. The SMILES string of the molecule is CCOC(=O)/C=C/C(=C/Nc1ccccn1)C(=O)OCC. The average molecular weight is 290 g/mol. The van der Waals surface area contributed by atoms with E-state index >= 15 is 0 Å². The van der Waals surface area contributed by atoms with Crippen molar-refractivity contribution in [3.63, 3.8) is 0 Å². The summed E-state index contributed by atoms with van der Waals surface area (Å²) in [7, 11) is 0. The fourth-order valence-electron chi connectivity index (χ4n) is 1.34. The summed E-state index contributed by atoms with van der Waals surface area (Å²) in [5.41, 5.74) is 0.190. The summed E-state index contributed by atoms with van der Waals surface area (Å²) >= 11 is 0. The first-order chi connectivity index (χ1) is 10.2. The van der Waals surface area contributed by atoms with E-state index in [9.17, 15) is 9.59 Å². The van der Waals surface area contributed by atoms with E-state index in [0.29, 0.717) is 5.82 Å². The van der Waals surface area contributed by atoms with Gasteiger partial charge in [0.2, 0.25) is 0 Å². The topological polar surface area (TPSA) is 77.5 Å². The first-order valence-electron chi connectivity index (χ1n) is 6.57. The maximum absolute atomic E-state index is 11.8. The first-order valence-corrected chi connectivity index (χ1v) is 6.57. The number of nitrogens with one attached hydrogen (secondary N) is 1. The zero-order valence-corrected chi connectivity index (χ0v) is 12.0. The largest absolute Gasteiger partial charge is 0.463 e.